The van der Waals surface area contributed by atoms with Crippen molar-refractivity contribution in [2.45, 2.75) is 35.5 Å². The van der Waals surface area contributed by atoms with Crippen molar-refractivity contribution in [2.24, 2.45) is 0 Å². The van der Waals surface area contributed by atoms with Crippen LogP contribution in [-0.4, -0.2) is 34.4 Å². The third-order valence-corrected chi connectivity index (χ3v) is 6.01. The monoisotopic (exact) mass is 304 g/mol. The van der Waals surface area contributed by atoms with Gasteiger partial charge in [-0.2, -0.15) is 8.42 Å². The quantitative estimate of drug-likeness (QED) is 0.785. The van der Waals surface area contributed by atoms with E-state index >= 15 is 0 Å². The molecule has 0 N–H and O–H groups in total. The molecule has 2 atom stereocenters. The smallest absolute Gasteiger partial charge is 0.264 e. The van der Waals surface area contributed by atoms with Gasteiger partial charge >= 0.3 is 0 Å². The highest BCUT2D eigenvalue weighted by atomic mass is 32.2. The molecule has 0 aliphatic heterocycles. The maximum absolute atomic E-state index is 12.3. The average Bonchev–Trinajstić information content (AvgIpc) is 2.77. The van der Waals surface area contributed by atoms with Gasteiger partial charge in [-0.25, -0.2) is 8.42 Å². The molecule has 0 bridgehead atoms. The number of benzene rings is 1. The molecule has 1 saturated carbocycles. The summed E-state index contributed by atoms with van der Waals surface area (Å²) in [6.07, 6.45) is 1.55. The van der Waals surface area contributed by atoms with Crippen LogP contribution in [0.25, 0.3) is 0 Å². The summed E-state index contributed by atoms with van der Waals surface area (Å²) < 4.78 is 51.6. The Kier molecular flexibility index (Phi) is 3.98. The van der Waals surface area contributed by atoms with Crippen LogP contribution in [0.15, 0.2) is 35.2 Å². The summed E-state index contributed by atoms with van der Waals surface area (Å²) in [6, 6.07) is 8.21. The molecule has 5 nitrogen and oxygen atoms in total. The summed E-state index contributed by atoms with van der Waals surface area (Å²) in [5.74, 6) is 0. The predicted molar refractivity (Wildman–Crippen MR) is 71.0 cm³/mol. The van der Waals surface area contributed by atoms with Crippen molar-refractivity contribution in [1.82, 2.24) is 0 Å². The second kappa shape index (κ2) is 5.22. The second-order valence-electron chi connectivity index (χ2n) is 4.72. The van der Waals surface area contributed by atoms with Crippen LogP contribution >= 0.6 is 0 Å². The number of hydrogen-bond acceptors (Lipinski definition) is 5. The zero-order valence-corrected chi connectivity index (χ0v) is 12.2. The highest BCUT2D eigenvalue weighted by Gasteiger charge is 2.36. The molecule has 0 radical (unpaired) electrons. The van der Waals surface area contributed by atoms with E-state index in [2.05, 4.69) is 0 Å². The molecule has 1 aromatic carbocycles. The second-order valence-corrected chi connectivity index (χ2v) is 8.54. The van der Waals surface area contributed by atoms with E-state index in [-0.39, 0.29) is 11.3 Å². The van der Waals surface area contributed by atoms with Crippen molar-refractivity contribution in [3.63, 3.8) is 0 Å². The highest BCUT2D eigenvalue weighted by Crippen LogP contribution is 2.32. The van der Waals surface area contributed by atoms with Gasteiger partial charge in [-0.1, -0.05) is 18.2 Å². The molecule has 19 heavy (non-hydrogen) atoms. The van der Waals surface area contributed by atoms with Crippen molar-refractivity contribution < 1.29 is 21.0 Å². The third kappa shape index (κ3) is 3.55. The minimum absolute atomic E-state index is 0.226. The van der Waals surface area contributed by atoms with Crippen LogP contribution in [-0.2, 0) is 24.1 Å². The molecular formula is C12H16O5S2. The van der Waals surface area contributed by atoms with Gasteiger partial charge in [0.1, 0.15) is 0 Å². The molecule has 0 unspecified atom stereocenters. The van der Waals surface area contributed by atoms with E-state index < -0.39 is 31.3 Å². The fourth-order valence-corrected chi connectivity index (χ4v) is 4.82. The molecule has 0 heterocycles. The van der Waals surface area contributed by atoms with Gasteiger partial charge in [0.05, 0.1) is 22.5 Å². The Labute approximate surface area is 113 Å². The average molecular weight is 304 g/mol. The summed E-state index contributed by atoms with van der Waals surface area (Å²) in [4.78, 5) is 0.278. The Hall–Kier alpha value is -0.920. The molecule has 7 heteroatoms. The van der Waals surface area contributed by atoms with Crippen LogP contribution in [0, 0.1) is 0 Å². The first-order valence-corrected chi connectivity index (χ1v) is 9.32. The van der Waals surface area contributed by atoms with Gasteiger partial charge in [0.15, 0.2) is 9.84 Å². The molecule has 1 aliphatic carbocycles. The summed E-state index contributed by atoms with van der Waals surface area (Å²) in [6.45, 7) is 0. The lowest BCUT2D eigenvalue weighted by molar-refractivity contribution is 0.220. The van der Waals surface area contributed by atoms with E-state index in [1.165, 1.54) is 0 Å². The third-order valence-electron chi connectivity index (χ3n) is 3.16. The Bertz CT molecular complexity index is 634. The van der Waals surface area contributed by atoms with Crippen LogP contribution in [0.2, 0.25) is 0 Å². The molecular weight excluding hydrogens is 288 g/mol. The Morgan fingerprint density at radius 1 is 1.05 bits per heavy atom. The lowest BCUT2D eigenvalue weighted by Crippen LogP contribution is -2.21. The lowest BCUT2D eigenvalue weighted by Gasteiger charge is -2.12. The molecule has 1 fully saturated rings. The summed E-state index contributed by atoms with van der Waals surface area (Å²) in [7, 11) is -6.94. The van der Waals surface area contributed by atoms with Gasteiger partial charge < -0.3 is 0 Å². The first kappa shape index (κ1) is 14.5. The van der Waals surface area contributed by atoms with Crippen LogP contribution in [0.3, 0.4) is 0 Å². The first-order chi connectivity index (χ1) is 8.79. The molecule has 1 aliphatic rings. The maximum Gasteiger partial charge on any atom is 0.264 e. The molecule has 0 amide bonds. The highest BCUT2D eigenvalue weighted by molar-refractivity contribution is 7.92. The van der Waals surface area contributed by atoms with Crippen LogP contribution in [0.1, 0.15) is 19.3 Å². The Morgan fingerprint density at radius 3 is 2.26 bits per heavy atom. The SMILES string of the molecule is CS(=O)(=O)O[C@H]1CC[C@@H](S(=O)(=O)c2ccccc2)C1. The van der Waals surface area contributed by atoms with Crippen LogP contribution in [0.5, 0.6) is 0 Å². The molecule has 106 valence electrons. The number of sulfone groups is 1. The zero-order valence-electron chi connectivity index (χ0n) is 10.5. The number of rotatable bonds is 4. The normalized spacial score (nSPS) is 24.5. The maximum atomic E-state index is 12.3. The predicted octanol–water partition coefficient (Wildman–Crippen LogP) is 1.36. The van der Waals surface area contributed by atoms with E-state index in [4.69, 9.17) is 4.18 Å². The molecule has 0 saturated heterocycles. The standard InChI is InChI=1S/C12H16O5S2/c1-18(13,14)17-10-7-8-12(9-10)19(15,16)11-5-3-2-4-6-11/h2-6,10,12H,7-9H2,1H3/t10-,12+/m0/s1. The van der Waals surface area contributed by atoms with Gasteiger partial charge in [0.25, 0.3) is 10.1 Å². The van der Waals surface area contributed by atoms with Crippen molar-refractivity contribution >= 4 is 20.0 Å². The molecule has 1 aromatic rings. The van der Waals surface area contributed by atoms with E-state index in [0.29, 0.717) is 12.8 Å². The minimum Gasteiger partial charge on any atom is -0.267 e. The van der Waals surface area contributed by atoms with Crippen molar-refractivity contribution in [2.75, 3.05) is 6.26 Å². The fraction of sp³-hybridized carbons (Fsp3) is 0.500. The van der Waals surface area contributed by atoms with Gasteiger partial charge in [-0.3, -0.25) is 4.18 Å². The topological polar surface area (TPSA) is 77.5 Å². The fourth-order valence-electron chi connectivity index (χ4n) is 2.32. The van der Waals surface area contributed by atoms with Gasteiger partial charge in [-0.15, -0.1) is 0 Å². The summed E-state index contributed by atoms with van der Waals surface area (Å²) in [5.41, 5.74) is 0. The zero-order chi connectivity index (χ0) is 14.1. The Balaban J connectivity index is 2.13. The largest absolute Gasteiger partial charge is 0.267 e. The Morgan fingerprint density at radius 2 is 1.68 bits per heavy atom. The summed E-state index contributed by atoms with van der Waals surface area (Å²) >= 11 is 0. The van der Waals surface area contributed by atoms with Crippen molar-refractivity contribution in [3.8, 4) is 0 Å². The first-order valence-electron chi connectivity index (χ1n) is 5.96. The van der Waals surface area contributed by atoms with Gasteiger partial charge in [0.2, 0.25) is 0 Å². The van der Waals surface area contributed by atoms with E-state index in [0.717, 1.165) is 6.26 Å². The van der Waals surface area contributed by atoms with Gasteiger partial charge in [-0.05, 0) is 31.4 Å². The van der Waals surface area contributed by atoms with Crippen molar-refractivity contribution in [1.29, 1.82) is 0 Å². The lowest BCUT2D eigenvalue weighted by atomic mass is 10.3. The summed E-state index contributed by atoms with van der Waals surface area (Å²) in [5, 5.41) is -0.568. The minimum atomic E-state index is -3.54. The van der Waals surface area contributed by atoms with Crippen LogP contribution in [0.4, 0.5) is 0 Å². The van der Waals surface area contributed by atoms with E-state index in [1.807, 2.05) is 0 Å². The number of hydrogen-bond donors (Lipinski definition) is 0. The van der Waals surface area contributed by atoms with Gasteiger partial charge in [0, 0.05) is 0 Å². The molecule has 2 rings (SSSR count). The van der Waals surface area contributed by atoms with E-state index in [1.54, 1.807) is 30.3 Å². The molecule has 0 aromatic heterocycles. The van der Waals surface area contributed by atoms with Crippen LogP contribution < -0.4 is 0 Å². The van der Waals surface area contributed by atoms with Crippen molar-refractivity contribution in [3.05, 3.63) is 30.3 Å². The van der Waals surface area contributed by atoms with E-state index in [9.17, 15) is 16.8 Å². The molecule has 0 spiro atoms.